The minimum Gasteiger partial charge on any atom is -0.496 e. The molecule has 0 aliphatic carbocycles. The van der Waals surface area contributed by atoms with E-state index >= 15 is 0 Å². The van der Waals surface area contributed by atoms with Crippen LogP contribution in [0.4, 0.5) is 10.6 Å². The SMILES string of the molecule is COc1cc(C)ccc1-c1cc(NC(=O)OCc2ccc3c(c2)nc2n3CCC2)n(C)n1. The van der Waals surface area contributed by atoms with Gasteiger partial charge in [0.2, 0.25) is 0 Å². The molecule has 2 aromatic heterocycles. The molecule has 164 valence electrons. The van der Waals surface area contributed by atoms with Gasteiger partial charge in [-0.2, -0.15) is 5.10 Å². The Hall–Kier alpha value is -3.81. The molecule has 0 radical (unpaired) electrons. The number of methoxy groups -OCH3 is 1. The van der Waals surface area contributed by atoms with E-state index in [0.717, 1.165) is 58.7 Å². The van der Waals surface area contributed by atoms with Crippen LogP contribution in [0.25, 0.3) is 22.3 Å². The molecule has 0 unspecified atom stereocenters. The molecule has 1 aliphatic rings. The van der Waals surface area contributed by atoms with Gasteiger partial charge < -0.3 is 14.0 Å². The van der Waals surface area contributed by atoms with Gasteiger partial charge in [0.25, 0.3) is 0 Å². The summed E-state index contributed by atoms with van der Waals surface area (Å²) in [7, 11) is 3.40. The number of nitrogens with zero attached hydrogens (tertiary/aromatic N) is 4. The lowest BCUT2D eigenvalue weighted by atomic mass is 10.1. The number of aryl methyl sites for hydroxylation is 4. The first kappa shape index (κ1) is 20.1. The van der Waals surface area contributed by atoms with Crippen molar-refractivity contribution < 1.29 is 14.3 Å². The van der Waals surface area contributed by atoms with E-state index in [1.165, 1.54) is 0 Å². The van der Waals surface area contributed by atoms with Crippen molar-refractivity contribution >= 4 is 22.9 Å². The average Bonchev–Trinajstić information content (AvgIpc) is 3.47. The Balaban J connectivity index is 1.26. The van der Waals surface area contributed by atoms with E-state index in [2.05, 4.69) is 21.0 Å². The molecule has 8 heteroatoms. The standard InChI is InChI=1S/C24H25N5O3/c1-15-6-8-17(21(11-15)31-3)18-13-23(28(2)27-18)26-24(30)32-14-16-7-9-20-19(12-16)25-22-5-4-10-29(20)22/h6-9,11-13H,4-5,10,14H2,1-3H3,(H,26,30). The van der Waals surface area contributed by atoms with Gasteiger partial charge in [-0.1, -0.05) is 12.1 Å². The summed E-state index contributed by atoms with van der Waals surface area (Å²) < 4.78 is 14.8. The number of hydrogen-bond donors (Lipinski definition) is 1. The number of fused-ring (bicyclic) bond motifs is 3. The number of carbonyl (C=O) groups is 1. The molecule has 1 amide bonds. The summed E-state index contributed by atoms with van der Waals surface area (Å²) >= 11 is 0. The van der Waals surface area contributed by atoms with E-state index in [1.54, 1.807) is 24.9 Å². The first-order valence-electron chi connectivity index (χ1n) is 10.6. The van der Waals surface area contributed by atoms with Crippen molar-refractivity contribution in [3.05, 3.63) is 59.4 Å². The smallest absolute Gasteiger partial charge is 0.413 e. The van der Waals surface area contributed by atoms with E-state index in [1.807, 2.05) is 37.3 Å². The summed E-state index contributed by atoms with van der Waals surface area (Å²) in [6.45, 7) is 3.19. The fourth-order valence-corrected chi connectivity index (χ4v) is 4.17. The summed E-state index contributed by atoms with van der Waals surface area (Å²) in [5.74, 6) is 2.40. The number of ether oxygens (including phenoxy) is 2. The molecule has 0 saturated carbocycles. The van der Waals surface area contributed by atoms with Crippen molar-refractivity contribution in [3.63, 3.8) is 0 Å². The molecule has 4 aromatic rings. The zero-order valence-electron chi connectivity index (χ0n) is 18.4. The highest BCUT2D eigenvalue weighted by atomic mass is 16.5. The van der Waals surface area contributed by atoms with Crippen molar-refractivity contribution in [3.8, 4) is 17.0 Å². The summed E-state index contributed by atoms with van der Waals surface area (Å²) in [6.07, 6.45) is 1.63. The maximum Gasteiger partial charge on any atom is 0.413 e. The number of aromatic nitrogens is 4. The van der Waals surface area contributed by atoms with Gasteiger partial charge in [0.05, 0.1) is 23.8 Å². The summed E-state index contributed by atoms with van der Waals surface area (Å²) in [5.41, 5.74) is 5.65. The number of carbonyl (C=O) groups excluding carboxylic acids is 1. The van der Waals surface area contributed by atoms with Crippen LogP contribution in [0.1, 0.15) is 23.4 Å². The van der Waals surface area contributed by atoms with E-state index in [-0.39, 0.29) is 6.61 Å². The average molecular weight is 431 g/mol. The van der Waals surface area contributed by atoms with Gasteiger partial charge in [-0.25, -0.2) is 9.78 Å². The first-order chi connectivity index (χ1) is 15.5. The van der Waals surface area contributed by atoms with Crippen LogP contribution >= 0.6 is 0 Å². The van der Waals surface area contributed by atoms with Crippen molar-refractivity contribution in [1.29, 1.82) is 0 Å². The molecule has 1 N–H and O–H groups in total. The van der Waals surface area contributed by atoms with Crippen LogP contribution in [0.3, 0.4) is 0 Å². The molecular formula is C24H25N5O3. The number of nitrogens with one attached hydrogen (secondary N) is 1. The quantitative estimate of drug-likeness (QED) is 0.505. The van der Waals surface area contributed by atoms with Crippen LogP contribution < -0.4 is 10.1 Å². The van der Waals surface area contributed by atoms with Crippen molar-refractivity contribution in [2.45, 2.75) is 32.9 Å². The zero-order valence-corrected chi connectivity index (χ0v) is 18.4. The topological polar surface area (TPSA) is 83.2 Å². The monoisotopic (exact) mass is 431 g/mol. The van der Waals surface area contributed by atoms with Gasteiger partial charge in [0.15, 0.2) is 0 Å². The van der Waals surface area contributed by atoms with Gasteiger partial charge in [-0.3, -0.25) is 10.00 Å². The molecule has 32 heavy (non-hydrogen) atoms. The normalized spacial score (nSPS) is 12.7. The molecule has 0 fully saturated rings. The van der Waals surface area contributed by atoms with E-state index in [0.29, 0.717) is 11.5 Å². The summed E-state index contributed by atoms with van der Waals surface area (Å²) in [6, 6.07) is 13.7. The molecule has 1 aliphatic heterocycles. The predicted octanol–water partition coefficient (Wildman–Crippen LogP) is 4.45. The lowest BCUT2D eigenvalue weighted by Crippen LogP contribution is -2.15. The molecule has 0 saturated heterocycles. The van der Waals surface area contributed by atoms with Crippen LogP contribution in [0.5, 0.6) is 5.75 Å². The molecule has 0 bridgehead atoms. The van der Waals surface area contributed by atoms with Gasteiger partial charge in [-0.05, 0) is 48.7 Å². The Morgan fingerprint density at radius 2 is 2.06 bits per heavy atom. The van der Waals surface area contributed by atoms with Crippen molar-refractivity contribution in [1.82, 2.24) is 19.3 Å². The Morgan fingerprint density at radius 1 is 1.19 bits per heavy atom. The van der Waals surface area contributed by atoms with Crippen LogP contribution in [0.2, 0.25) is 0 Å². The first-order valence-corrected chi connectivity index (χ1v) is 10.6. The highest BCUT2D eigenvalue weighted by Gasteiger charge is 2.17. The Kier molecular flexibility index (Phi) is 5.05. The van der Waals surface area contributed by atoms with Crippen LogP contribution in [-0.4, -0.2) is 32.5 Å². The maximum atomic E-state index is 12.4. The second kappa shape index (κ2) is 8.03. The molecule has 0 spiro atoms. The second-order valence-corrected chi connectivity index (χ2v) is 8.05. The van der Waals surface area contributed by atoms with Gasteiger partial charge >= 0.3 is 6.09 Å². The highest BCUT2D eigenvalue weighted by Crippen LogP contribution is 2.31. The number of rotatable bonds is 5. The molecule has 2 aromatic carbocycles. The third kappa shape index (κ3) is 3.68. The van der Waals surface area contributed by atoms with Crippen molar-refractivity contribution in [2.75, 3.05) is 12.4 Å². The van der Waals surface area contributed by atoms with Gasteiger partial charge in [0, 0.05) is 31.6 Å². The Bertz CT molecular complexity index is 1320. The maximum absolute atomic E-state index is 12.4. The summed E-state index contributed by atoms with van der Waals surface area (Å²) in [4.78, 5) is 17.1. The second-order valence-electron chi connectivity index (χ2n) is 8.05. The fraction of sp³-hybridized carbons (Fsp3) is 0.292. The number of amides is 1. The lowest BCUT2D eigenvalue weighted by molar-refractivity contribution is 0.155. The van der Waals surface area contributed by atoms with E-state index in [9.17, 15) is 4.79 Å². The van der Waals surface area contributed by atoms with Crippen LogP contribution in [0, 0.1) is 6.92 Å². The molecule has 0 atom stereocenters. The summed E-state index contributed by atoms with van der Waals surface area (Å²) in [5, 5.41) is 7.27. The Labute approximate surface area is 185 Å². The lowest BCUT2D eigenvalue weighted by Gasteiger charge is -2.07. The number of imidazole rings is 1. The van der Waals surface area contributed by atoms with Crippen LogP contribution in [0.15, 0.2) is 42.5 Å². The Morgan fingerprint density at radius 3 is 2.91 bits per heavy atom. The van der Waals surface area contributed by atoms with E-state index in [4.69, 9.17) is 14.5 Å². The third-order valence-electron chi connectivity index (χ3n) is 5.79. The molecule has 5 rings (SSSR count). The third-order valence-corrected chi connectivity index (χ3v) is 5.79. The predicted molar refractivity (Wildman–Crippen MR) is 122 cm³/mol. The largest absolute Gasteiger partial charge is 0.496 e. The fourth-order valence-electron chi connectivity index (χ4n) is 4.17. The molecule has 8 nitrogen and oxygen atoms in total. The zero-order chi connectivity index (χ0) is 22.2. The number of hydrogen-bond acceptors (Lipinski definition) is 5. The number of benzene rings is 2. The van der Waals surface area contributed by atoms with E-state index < -0.39 is 6.09 Å². The van der Waals surface area contributed by atoms with Gasteiger partial charge in [-0.15, -0.1) is 0 Å². The van der Waals surface area contributed by atoms with Gasteiger partial charge in [0.1, 0.15) is 24.0 Å². The molecular weight excluding hydrogens is 406 g/mol. The minimum atomic E-state index is -0.539. The molecule has 3 heterocycles. The van der Waals surface area contributed by atoms with Crippen molar-refractivity contribution in [2.24, 2.45) is 7.05 Å². The highest BCUT2D eigenvalue weighted by molar-refractivity contribution is 5.85. The minimum absolute atomic E-state index is 0.167. The van der Waals surface area contributed by atoms with Crippen LogP contribution in [-0.2, 0) is 31.4 Å². The number of anilines is 1.